The molecule has 244 valence electrons. The zero-order chi connectivity index (χ0) is 31.6. The summed E-state index contributed by atoms with van der Waals surface area (Å²) >= 11 is 6.33. The Morgan fingerprint density at radius 2 is 1.93 bits per heavy atom. The number of nitrogens with zero attached hydrogens (tertiary/aromatic N) is 1. The van der Waals surface area contributed by atoms with Gasteiger partial charge in [0.25, 0.3) is 5.91 Å². The molecule has 3 aliphatic heterocycles. The van der Waals surface area contributed by atoms with Crippen LogP contribution in [0.25, 0.3) is 0 Å². The van der Waals surface area contributed by atoms with Crippen molar-refractivity contribution < 1.29 is 27.8 Å². The lowest BCUT2D eigenvalue weighted by Gasteiger charge is -2.42. The van der Waals surface area contributed by atoms with E-state index in [-0.39, 0.29) is 29.4 Å². The number of anilines is 1. The lowest BCUT2D eigenvalue weighted by molar-refractivity contribution is 0.0460. The average Bonchev–Trinajstić information content (AvgIpc) is 3.50. The van der Waals surface area contributed by atoms with Gasteiger partial charge in [0.2, 0.25) is 10.0 Å². The number of benzene rings is 2. The van der Waals surface area contributed by atoms with Gasteiger partial charge in [-0.05, 0) is 117 Å². The van der Waals surface area contributed by atoms with Crippen LogP contribution in [0.4, 0.5) is 5.69 Å². The van der Waals surface area contributed by atoms with Gasteiger partial charge in [0, 0.05) is 30.3 Å². The van der Waals surface area contributed by atoms with Gasteiger partial charge in [0.15, 0.2) is 0 Å². The van der Waals surface area contributed by atoms with Crippen LogP contribution in [0.15, 0.2) is 48.6 Å². The highest BCUT2D eigenvalue weighted by atomic mass is 35.5. The molecule has 4 aliphatic rings. The minimum absolute atomic E-state index is 0.122. The Kier molecular flexibility index (Phi) is 10.1. The van der Waals surface area contributed by atoms with Gasteiger partial charge in [-0.1, -0.05) is 36.7 Å². The summed E-state index contributed by atoms with van der Waals surface area (Å²) in [7, 11) is -4.04. The quantitative estimate of drug-likeness (QED) is 0.380. The SMILES string of the molecule is C[C@H]1C/C=C\[C@H](O)[C@@H]2CC[C@H]2CN2CCCCc3cc(Cl)ccc3COc3ccc(cc32)C(=O)NS(=O)(=O)[C@H]1C[C@@H]1CCCO1. The molecule has 2 bridgehead atoms. The van der Waals surface area contributed by atoms with E-state index in [9.17, 15) is 18.3 Å². The van der Waals surface area contributed by atoms with Crippen LogP contribution in [-0.2, 0) is 27.8 Å². The molecule has 0 unspecified atom stereocenters. The summed E-state index contributed by atoms with van der Waals surface area (Å²) in [6, 6.07) is 11.1. The second kappa shape index (κ2) is 14.0. The van der Waals surface area contributed by atoms with Gasteiger partial charge in [0.1, 0.15) is 12.4 Å². The number of carbonyl (C=O) groups excluding carboxylic acids is 1. The highest BCUT2D eigenvalue weighted by Crippen LogP contribution is 2.41. The second-order valence-electron chi connectivity index (χ2n) is 13.3. The molecule has 2 N–H and O–H groups in total. The number of hydrogen-bond donors (Lipinski definition) is 2. The van der Waals surface area contributed by atoms with Crippen molar-refractivity contribution in [2.75, 3.05) is 24.6 Å². The fraction of sp³-hybridized carbons (Fsp3) is 0.571. The minimum atomic E-state index is -4.04. The number of ether oxygens (including phenoxy) is 2. The molecular weight excluding hydrogens is 612 g/mol. The Labute approximate surface area is 272 Å². The van der Waals surface area contributed by atoms with E-state index in [0.717, 1.165) is 62.7 Å². The first-order valence-corrected chi connectivity index (χ1v) is 18.4. The van der Waals surface area contributed by atoms with Gasteiger partial charge in [0.05, 0.1) is 23.1 Å². The van der Waals surface area contributed by atoms with Crippen molar-refractivity contribution in [3.8, 4) is 5.75 Å². The first-order chi connectivity index (χ1) is 21.7. The van der Waals surface area contributed by atoms with E-state index in [1.54, 1.807) is 18.2 Å². The van der Waals surface area contributed by atoms with Crippen molar-refractivity contribution in [2.45, 2.75) is 88.8 Å². The van der Waals surface area contributed by atoms with Gasteiger partial charge in [-0.2, -0.15) is 0 Å². The van der Waals surface area contributed by atoms with Crippen LogP contribution in [0.5, 0.6) is 5.75 Å². The number of rotatable bonds is 2. The Hall–Kier alpha value is -2.59. The molecule has 0 spiro atoms. The maximum atomic E-state index is 13.8. The number of aliphatic hydroxyl groups is 1. The summed E-state index contributed by atoms with van der Waals surface area (Å²) in [6.45, 7) is 4.33. The average molecular weight is 657 g/mol. The van der Waals surface area contributed by atoms with Crippen LogP contribution >= 0.6 is 11.6 Å². The topological polar surface area (TPSA) is 105 Å². The summed E-state index contributed by atoms with van der Waals surface area (Å²) in [5.41, 5.74) is 3.28. The number of hydrogen-bond acceptors (Lipinski definition) is 7. The summed E-state index contributed by atoms with van der Waals surface area (Å²) < 4.78 is 42.3. The Morgan fingerprint density at radius 3 is 2.71 bits per heavy atom. The van der Waals surface area contributed by atoms with Crippen molar-refractivity contribution in [1.82, 2.24) is 4.72 Å². The summed E-state index contributed by atoms with van der Waals surface area (Å²) in [4.78, 5) is 15.9. The maximum absolute atomic E-state index is 13.8. The van der Waals surface area contributed by atoms with Crippen molar-refractivity contribution in [2.24, 2.45) is 17.8 Å². The van der Waals surface area contributed by atoms with E-state index < -0.39 is 27.3 Å². The molecule has 0 radical (unpaired) electrons. The Bertz CT molecular complexity index is 1510. The Morgan fingerprint density at radius 1 is 1.07 bits per heavy atom. The summed E-state index contributed by atoms with van der Waals surface area (Å²) in [5.74, 6) is 0.128. The molecule has 8 nitrogen and oxygen atoms in total. The molecule has 6 atom stereocenters. The number of fused-ring (bicyclic) bond motifs is 3. The monoisotopic (exact) mass is 656 g/mol. The molecule has 45 heavy (non-hydrogen) atoms. The zero-order valence-corrected chi connectivity index (χ0v) is 27.6. The highest BCUT2D eigenvalue weighted by Gasteiger charge is 2.38. The maximum Gasteiger partial charge on any atom is 0.264 e. The predicted molar refractivity (Wildman–Crippen MR) is 176 cm³/mol. The van der Waals surface area contributed by atoms with Crippen LogP contribution in [0.2, 0.25) is 5.02 Å². The molecule has 1 saturated carbocycles. The molecule has 2 fully saturated rings. The van der Waals surface area contributed by atoms with Crippen molar-refractivity contribution in [1.29, 1.82) is 0 Å². The molecule has 1 aliphatic carbocycles. The van der Waals surface area contributed by atoms with E-state index >= 15 is 0 Å². The molecule has 1 amide bonds. The van der Waals surface area contributed by atoms with Crippen molar-refractivity contribution in [3.05, 3.63) is 70.3 Å². The third-order valence-corrected chi connectivity index (χ3v) is 12.4. The molecule has 2 aromatic rings. The van der Waals surface area contributed by atoms with Crippen molar-refractivity contribution in [3.63, 3.8) is 0 Å². The van der Waals surface area contributed by atoms with Crippen LogP contribution in [0.1, 0.15) is 79.8 Å². The van der Waals surface area contributed by atoms with E-state index in [1.807, 2.05) is 37.3 Å². The number of sulfonamides is 1. The molecule has 3 heterocycles. The van der Waals surface area contributed by atoms with Gasteiger partial charge in [-0.3, -0.25) is 4.79 Å². The van der Waals surface area contributed by atoms with Crippen LogP contribution < -0.4 is 14.4 Å². The summed E-state index contributed by atoms with van der Waals surface area (Å²) in [6.07, 6.45) is 10.3. The fourth-order valence-corrected chi connectivity index (χ4v) is 9.29. The number of halogens is 1. The lowest BCUT2D eigenvalue weighted by atomic mass is 9.70. The van der Waals surface area contributed by atoms with Gasteiger partial charge < -0.3 is 19.5 Å². The molecule has 0 aromatic heterocycles. The second-order valence-corrected chi connectivity index (χ2v) is 15.6. The highest BCUT2D eigenvalue weighted by molar-refractivity contribution is 7.90. The first-order valence-electron chi connectivity index (χ1n) is 16.5. The van der Waals surface area contributed by atoms with Crippen LogP contribution in [0, 0.1) is 17.8 Å². The largest absolute Gasteiger partial charge is 0.487 e. The van der Waals surface area contributed by atoms with E-state index in [4.69, 9.17) is 21.1 Å². The van der Waals surface area contributed by atoms with Crippen LogP contribution in [-0.4, -0.2) is 56.6 Å². The van der Waals surface area contributed by atoms with E-state index in [2.05, 4.69) is 9.62 Å². The molecule has 10 heteroatoms. The molecule has 1 saturated heterocycles. The van der Waals surface area contributed by atoms with Gasteiger partial charge >= 0.3 is 0 Å². The molecular formula is C35H45ClN2O6S. The third kappa shape index (κ3) is 7.53. The smallest absolute Gasteiger partial charge is 0.264 e. The summed E-state index contributed by atoms with van der Waals surface area (Å²) in [5, 5.41) is 11.1. The first kappa shape index (κ1) is 32.4. The lowest BCUT2D eigenvalue weighted by Crippen LogP contribution is -2.44. The number of amides is 1. The third-order valence-electron chi connectivity index (χ3n) is 10.2. The number of nitrogens with one attached hydrogen (secondary N) is 1. The number of aryl methyl sites for hydroxylation is 1. The van der Waals surface area contributed by atoms with E-state index in [1.165, 1.54) is 5.56 Å². The molecule has 6 rings (SSSR count). The van der Waals surface area contributed by atoms with Crippen molar-refractivity contribution >= 4 is 33.2 Å². The number of allylic oxidation sites excluding steroid dienone is 1. The number of aliphatic hydroxyl groups excluding tert-OH is 1. The number of carbonyl (C=O) groups is 1. The predicted octanol–water partition coefficient (Wildman–Crippen LogP) is 6.04. The van der Waals surface area contributed by atoms with E-state index in [0.29, 0.717) is 43.4 Å². The van der Waals surface area contributed by atoms with Gasteiger partial charge in [-0.25, -0.2) is 13.1 Å². The molecule has 2 aromatic carbocycles. The zero-order valence-electron chi connectivity index (χ0n) is 26.0. The van der Waals surface area contributed by atoms with Gasteiger partial charge in [-0.15, -0.1) is 0 Å². The minimum Gasteiger partial charge on any atom is -0.487 e. The van der Waals surface area contributed by atoms with Crippen LogP contribution in [0.3, 0.4) is 0 Å². The fourth-order valence-electron chi connectivity index (χ4n) is 7.38. The standard InChI is InChI=1S/C35H45ClN2O6S/c1-23-6-4-9-32(39)30-14-11-26(30)21-38-16-3-2-7-24-18-28(36)13-10-27(24)22-44-33-15-12-25(19-31(33)38)35(40)37-45(41,42)34(23)20-29-8-5-17-43-29/h4,9-10,12-13,15,18-19,23,26,29-30,32,34,39H,2-3,5-8,11,14,16-17,20-22H2,1H3,(H,37,40)/b9-4-/t23-,26-,29-,30+,32-,34-/m0/s1. The Balaban J connectivity index is 1.36. The normalized spacial score (nSPS) is 31.3.